The predicted molar refractivity (Wildman–Crippen MR) is 105 cm³/mol. The molecule has 0 spiro atoms. The molecule has 25 heavy (non-hydrogen) atoms. The van der Waals surface area contributed by atoms with E-state index in [-0.39, 0.29) is 21.4 Å². The van der Waals surface area contributed by atoms with Crippen molar-refractivity contribution in [1.29, 1.82) is 0 Å². The first-order chi connectivity index (χ1) is 11.9. The molecule has 6 atom stereocenters. The second kappa shape index (κ2) is 6.20. The van der Waals surface area contributed by atoms with Crippen molar-refractivity contribution in [2.75, 3.05) is 0 Å². The third-order valence-electron chi connectivity index (χ3n) is 7.45. The lowest BCUT2D eigenvalue weighted by atomic mass is 9.47. The number of carbonyl (C=O) groups is 2. The van der Waals surface area contributed by atoms with Crippen LogP contribution in [0.4, 0.5) is 0 Å². The molecule has 0 saturated heterocycles. The summed E-state index contributed by atoms with van der Waals surface area (Å²) in [6.07, 6.45) is 11.2. The summed E-state index contributed by atoms with van der Waals surface area (Å²) in [5.41, 5.74) is 0.897. The van der Waals surface area contributed by atoms with Gasteiger partial charge in [-0.25, -0.2) is 0 Å². The molecule has 0 radical (unpaired) electrons. The van der Waals surface area contributed by atoms with Gasteiger partial charge in [-0.3, -0.25) is 9.59 Å². The molecule has 4 rings (SSSR count). The van der Waals surface area contributed by atoms with Gasteiger partial charge in [0, 0.05) is 44.4 Å². The summed E-state index contributed by atoms with van der Waals surface area (Å²) in [4.78, 5) is 27.7. The van der Waals surface area contributed by atoms with Crippen LogP contribution in [0.15, 0.2) is 23.8 Å². The first-order valence-corrected chi connectivity index (χ1v) is 10.8. The summed E-state index contributed by atoms with van der Waals surface area (Å²) >= 11 is 7.12. The predicted octanol–water partition coefficient (Wildman–Crippen LogP) is 4.96. The van der Waals surface area contributed by atoms with Gasteiger partial charge in [0.05, 0.1) is 0 Å². The maximum absolute atomic E-state index is 12.6. The molecule has 2 nitrogen and oxygen atoms in total. The van der Waals surface area contributed by atoms with Crippen LogP contribution in [0, 0.1) is 39.3 Å². The van der Waals surface area contributed by atoms with Crippen LogP contribution in [-0.2, 0) is 9.59 Å². The van der Waals surface area contributed by atoms with E-state index in [1.807, 2.05) is 6.08 Å². The van der Waals surface area contributed by atoms with Crippen molar-refractivity contribution in [3.63, 3.8) is 0 Å². The van der Waals surface area contributed by atoms with Gasteiger partial charge < -0.3 is 0 Å². The highest BCUT2D eigenvalue weighted by Gasteiger charge is 2.60. The zero-order valence-electron chi connectivity index (χ0n) is 14.4. The molecule has 4 heteroatoms. The number of rotatable bonds is 1. The molecule has 132 valence electrons. The Morgan fingerprint density at radius 2 is 2.08 bits per heavy atom. The molecular weight excluding hydrogens is 444 g/mol. The SMILES string of the molecule is C[C@]12CC[C@H]3[C@@H](C[C@@H](Br)C4=CC(=O)C=C[C@@]43CC#CBr)[C@@H]1CCC2=O. The lowest BCUT2D eigenvalue weighted by molar-refractivity contribution is -0.131. The van der Waals surface area contributed by atoms with Gasteiger partial charge in [-0.15, -0.1) is 0 Å². The Balaban J connectivity index is 1.80. The van der Waals surface area contributed by atoms with Crippen LogP contribution in [0.25, 0.3) is 0 Å². The molecule has 0 aromatic carbocycles. The van der Waals surface area contributed by atoms with Crippen LogP contribution in [0.3, 0.4) is 0 Å². The van der Waals surface area contributed by atoms with Crippen LogP contribution in [0.1, 0.15) is 45.4 Å². The topological polar surface area (TPSA) is 34.1 Å². The minimum Gasteiger partial charge on any atom is -0.299 e. The minimum absolute atomic E-state index is 0.0806. The standard InChI is InChI=1S/C21H22Br2O2/c1-20-8-6-16-14(15(20)3-4-19(20)25)12-18(23)17-11-13(24)5-9-21(16,17)7-2-10-22/h5,9,11,14-16,18H,3-4,6-8,12H2,1H3/t14-,15-,16-,18+,20-,21+/m0/s1. The zero-order valence-corrected chi connectivity index (χ0v) is 17.5. The van der Waals surface area contributed by atoms with E-state index in [0.717, 1.165) is 38.5 Å². The smallest absolute Gasteiger partial charge is 0.178 e. The number of hydrogen-bond acceptors (Lipinski definition) is 2. The van der Waals surface area contributed by atoms with E-state index in [1.165, 1.54) is 5.57 Å². The number of halogens is 2. The third-order valence-corrected chi connectivity index (χ3v) is 8.60. The molecule has 0 heterocycles. The average molecular weight is 466 g/mol. The fourth-order valence-corrected chi connectivity index (χ4v) is 7.38. The largest absolute Gasteiger partial charge is 0.299 e. The van der Waals surface area contributed by atoms with Crippen LogP contribution in [-0.4, -0.2) is 16.4 Å². The van der Waals surface area contributed by atoms with Crippen molar-refractivity contribution in [3.8, 4) is 10.8 Å². The van der Waals surface area contributed by atoms with Gasteiger partial charge in [0.1, 0.15) is 5.78 Å². The molecule has 4 aliphatic rings. The normalized spacial score (nSPS) is 45.0. The number of fused-ring (bicyclic) bond motifs is 5. The summed E-state index contributed by atoms with van der Waals surface area (Å²) in [5.74, 6) is 5.23. The van der Waals surface area contributed by atoms with Crippen LogP contribution in [0.2, 0.25) is 0 Å². The molecule has 0 aromatic rings. The van der Waals surface area contributed by atoms with E-state index in [4.69, 9.17) is 0 Å². The summed E-state index contributed by atoms with van der Waals surface area (Å²) in [6, 6.07) is 0. The van der Waals surface area contributed by atoms with Gasteiger partial charge in [-0.05, 0) is 66.0 Å². The van der Waals surface area contributed by atoms with Gasteiger partial charge in [0.2, 0.25) is 0 Å². The Kier molecular flexibility index (Phi) is 4.40. The highest BCUT2D eigenvalue weighted by Crippen LogP contribution is 2.65. The first kappa shape index (κ1) is 17.7. The number of allylic oxidation sites excluding steroid dienone is 4. The van der Waals surface area contributed by atoms with Crippen molar-refractivity contribution in [2.45, 2.75) is 50.3 Å². The summed E-state index contributed by atoms with van der Waals surface area (Å²) in [7, 11) is 0. The Labute approximate surface area is 166 Å². The van der Waals surface area contributed by atoms with Gasteiger partial charge in [0.25, 0.3) is 0 Å². The number of hydrogen-bond donors (Lipinski definition) is 0. The Morgan fingerprint density at radius 1 is 1.28 bits per heavy atom. The summed E-state index contributed by atoms with van der Waals surface area (Å²) < 4.78 is 0. The highest BCUT2D eigenvalue weighted by molar-refractivity contribution is 9.12. The van der Waals surface area contributed by atoms with Crippen LogP contribution in [0.5, 0.6) is 0 Å². The van der Waals surface area contributed by atoms with Crippen molar-refractivity contribution >= 4 is 43.4 Å². The molecule has 0 aliphatic heterocycles. The quantitative estimate of drug-likeness (QED) is 0.405. The van der Waals surface area contributed by atoms with Crippen LogP contribution >= 0.6 is 31.9 Å². The monoisotopic (exact) mass is 464 g/mol. The number of alkyl halides is 1. The van der Waals surface area contributed by atoms with E-state index >= 15 is 0 Å². The molecule has 3 saturated carbocycles. The molecule has 0 N–H and O–H groups in total. The van der Waals surface area contributed by atoms with E-state index in [1.54, 1.807) is 6.08 Å². The molecule has 0 aromatic heterocycles. The van der Waals surface area contributed by atoms with Gasteiger partial charge in [-0.1, -0.05) is 34.9 Å². The average Bonchev–Trinajstić information content (AvgIpc) is 2.90. The molecule has 0 bridgehead atoms. The molecule has 3 fully saturated rings. The van der Waals surface area contributed by atoms with E-state index in [2.05, 4.69) is 55.6 Å². The van der Waals surface area contributed by atoms with Crippen molar-refractivity contribution in [1.82, 2.24) is 0 Å². The van der Waals surface area contributed by atoms with Crippen LogP contribution < -0.4 is 0 Å². The number of Topliss-reactive ketones (excluding diaryl/α,β-unsaturated/α-hetero) is 1. The molecular formula is C21H22Br2O2. The number of ketones is 2. The highest BCUT2D eigenvalue weighted by atomic mass is 79.9. The number of carbonyl (C=O) groups excluding carboxylic acids is 2. The molecule has 0 amide bonds. The first-order valence-electron chi connectivity index (χ1n) is 9.13. The second-order valence-electron chi connectivity index (χ2n) is 8.32. The maximum atomic E-state index is 12.6. The zero-order chi connectivity index (χ0) is 17.8. The second-order valence-corrected chi connectivity index (χ2v) is 9.82. The van der Waals surface area contributed by atoms with Crippen molar-refractivity contribution in [2.24, 2.45) is 28.6 Å². The minimum atomic E-state index is -0.168. The van der Waals surface area contributed by atoms with Crippen molar-refractivity contribution in [3.05, 3.63) is 23.8 Å². The summed E-state index contributed by atoms with van der Waals surface area (Å²) in [5, 5.41) is 0. The molecule has 4 aliphatic carbocycles. The van der Waals surface area contributed by atoms with Crippen molar-refractivity contribution < 1.29 is 9.59 Å². The Bertz CT molecular complexity index is 756. The van der Waals surface area contributed by atoms with E-state index in [9.17, 15) is 9.59 Å². The van der Waals surface area contributed by atoms with Gasteiger partial charge >= 0.3 is 0 Å². The van der Waals surface area contributed by atoms with Gasteiger partial charge in [-0.2, -0.15) is 0 Å². The lowest BCUT2D eigenvalue weighted by Gasteiger charge is -2.57. The Morgan fingerprint density at radius 3 is 2.84 bits per heavy atom. The fourth-order valence-electron chi connectivity index (χ4n) is 6.25. The lowest BCUT2D eigenvalue weighted by Crippen LogP contribution is -2.53. The van der Waals surface area contributed by atoms with E-state index < -0.39 is 0 Å². The van der Waals surface area contributed by atoms with Gasteiger partial charge in [0.15, 0.2) is 5.78 Å². The third kappa shape index (κ3) is 2.49. The Hall–Kier alpha value is -0.660. The fraction of sp³-hybridized carbons (Fsp3) is 0.619. The summed E-state index contributed by atoms with van der Waals surface area (Å²) in [6.45, 7) is 2.20. The maximum Gasteiger partial charge on any atom is 0.178 e. The van der Waals surface area contributed by atoms with E-state index in [0.29, 0.717) is 23.5 Å². The molecule has 0 unspecified atom stereocenters.